The van der Waals surface area contributed by atoms with Crippen LogP contribution in [0.3, 0.4) is 0 Å². The van der Waals surface area contributed by atoms with Crippen molar-refractivity contribution in [1.82, 2.24) is 15.1 Å². The highest BCUT2D eigenvalue weighted by Crippen LogP contribution is 2.19. The molecule has 2 aliphatic heterocycles. The molecule has 6 heteroatoms. The van der Waals surface area contributed by atoms with E-state index < -0.39 is 0 Å². The molecule has 5 nitrogen and oxygen atoms in total. The average molecular weight is 338 g/mol. The lowest BCUT2D eigenvalue weighted by atomic mass is 10.0. The molecular weight excluding hydrogens is 314 g/mol. The van der Waals surface area contributed by atoms with E-state index in [1.165, 1.54) is 5.56 Å². The van der Waals surface area contributed by atoms with Gasteiger partial charge in [-0.2, -0.15) is 0 Å². The van der Waals surface area contributed by atoms with Crippen LogP contribution in [0.1, 0.15) is 24.8 Å². The predicted octanol–water partition coefficient (Wildman–Crippen LogP) is 2.06. The topological polar surface area (TPSA) is 52.7 Å². The lowest BCUT2D eigenvalue weighted by molar-refractivity contribution is -0.121. The first-order valence-corrected chi connectivity index (χ1v) is 8.09. The van der Waals surface area contributed by atoms with Gasteiger partial charge in [0.2, 0.25) is 5.91 Å². The molecule has 0 aromatic heterocycles. The fourth-order valence-corrected chi connectivity index (χ4v) is 3.31. The molecule has 1 aromatic rings. The van der Waals surface area contributed by atoms with Gasteiger partial charge in [0.05, 0.1) is 0 Å². The van der Waals surface area contributed by atoms with Gasteiger partial charge in [0.1, 0.15) is 0 Å². The second-order valence-electron chi connectivity index (χ2n) is 6.11. The molecule has 2 heterocycles. The number of carbonyl (C=O) groups excluding carboxylic acids is 2. The van der Waals surface area contributed by atoms with Gasteiger partial charge in [0.15, 0.2) is 0 Å². The Labute approximate surface area is 143 Å². The summed E-state index contributed by atoms with van der Waals surface area (Å²) in [5.41, 5.74) is 1.37. The predicted molar refractivity (Wildman–Crippen MR) is 91.7 cm³/mol. The van der Waals surface area contributed by atoms with Crippen molar-refractivity contribution in [2.75, 3.05) is 26.2 Å². The Morgan fingerprint density at radius 3 is 2.39 bits per heavy atom. The molecule has 1 aromatic carbocycles. The van der Waals surface area contributed by atoms with Gasteiger partial charge in [0, 0.05) is 38.6 Å². The van der Waals surface area contributed by atoms with Gasteiger partial charge in [-0.25, -0.2) is 4.79 Å². The summed E-state index contributed by atoms with van der Waals surface area (Å²) in [6.07, 6.45) is 3.50. The quantitative estimate of drug-likeness (QED) is 0.915. The molecule has 2 saturated heterocycles. The second-order valence-corrected chi connectivity index (χ2v) is 6.11. The van der Waals surface area contributed by atoms with Crippen molar-refractivity contribution in [2.24, 2.45) is 0 Å². The van der Waals surface area contributed by atoms with E-state index in [9.17, 15) is 9.59 Å². The molecule has 126 valence electrons. The van der Waals surface area contributed by atoms with Crippen LogP contribution in [0, 0.1) is 0 Å². The molecule has 0 radical (unpaired) electrons. The van der Waals surface area contributed by atoms with Gasteiger partial charge in [-0.15, -0.1) is 12.4 Å². The van der Waals surface area contributed by atoms with E-state index in [1.807, 2.05) is 11.0 Å². The highest BCUT2D eigenvalue weighted by atomic mass is 35.5. The first-order chi connectivity index (χ1) is 10.7. The van der Waals surface area contributed by atoms with Gasteiger partial charge in [0.25, 0.3) is 0 Å². The zero-order chi connectivity index (χ0) is 15.4. The van der Waals surface area contributed by atoms with E-state index in [1.54, 1.807) is 0 Å². The van der Waals surface area contributed by atoms with Crippen LogP contribution in [0.5, 0.6) is 0 Å². The largest absolute Gasteiger partial charge is 0.324 e. The van der Waals surface area contributed by atoms with Crippen LogP contribution < -0.4 is 5.32 Å². The van der Waals surface area contributed by atoms with Crippen LogP contribution >= 0.6 is 12.4 Å². The Morgan fingerprint density at radius 1 is 1.04 bits per heavy atom. The SMILES string of the molecule is Cl.O=C1CCN(C2CCN(CCc3ccccc3)CC2)C(=O)N1. The number of imide groups is 1. The number of piperidine rings is 1. The van der Waals surface area contributed by atoms with E-state index in [0.29, 0.717) is 13.0 Å². The third-order valence-corrected chi connectivity index (χ3v) is 4.64. The number of urea groups is 1. The van der Waals surface area contributed by atoms with E-state index in [0.717, 1.165) is 38.9 Å². The Morgan fingerprint density at radius 2 is 1.74 bits per heavy atom. The summed E-state index contributed by atoms with van der Waals surface area (Å²) in [5.74, 6) is -0.151. The van der Waals surface area contributed by atoms with Crippen LogP contribution in [0.25, 0.3) is 0 Å². The molecule has 1 N–H and O–H groups in total. The van der Waals surface area contributed by atoms with Crippen LogP contribution in [0.2, 0.25) is 0 Å². The average Bonchev–Trinajstić information content (AvgIpc) is 2.55. The second kappa shape index (κ2) is 8.31. The molecule has 23 heavy (non-hydrogen) atoms. The minimum atomic E-state index is -0.209. The Balaban J connectivity index is 0.00000192. The van der Waals surface area contributed by atoms with Gasteiger partial charge >= 0.3 is 6.03 Å². The van der Waals surface area contributed by atoms with Crippen molar-refractivity contribution >= 4 is 24.3 Å². The maximum Gasteiger partial charge on any atom is 0.324 e. The third-order valence-electron chi connectivity index (χ3n) is 4.64. The summed E-state index contributed by atoms with van der Waals surface area (Å²) in [7, 11) is 0. The number of halogens is 1. The Hall–Kier alpha value is -1.59. The van der Waals surface area contributed by atoms with Gasteiger partial charge in [-0.3, -0.25) is 10.1 Å². The van der Waals surface area contributed by atoms with Crippen LogP contribution in [0.15, 0.2) is 30.3 Å². The zero-order valence-electron chi connectivity index (χ0n) is 13.2. The number of nitrogens with zero attached hydrogens (tertiary/aromatic N) is 2. The third kappa shape index (κ3) is 4.69. The van der Waals surface area contributed by atoms with Crippen LogP contribution in [-0.2, 0) is 11.2 Å². The lowest BCUT2D eigenvalue weighted by Gasteiger charge is -2.39. The van der Waals surface area contributed by atoms with E-state index in [2.05, 4.69) is 34.5 Å². The smallest absolute Gasteiger partial charge is 0.321 e. The van der Waals surface area contributed by atoms with Crippen molar-refractivity contribution in [1.29, 1.82) is 0 Å². The van der Waals surface area contributed by atoms with Crippen LogP contribution in [-0.4, -0.2) is 54.0 Å². The van der Waals surface area contributed by atoms with Gasteiger partial charge < -0.3 is 9.80 Å². The molecule has 2 aliphatic rings. The molecule has 2 fully saturated rings. The first-order valence-electron chi connectivity index (χ1n) is 8.09. The van der Waals surface area contributed by atoms with Crippen molar-refractivity contribution in [3.05, 3.63) is 35.9 Å². The molecule has 3 rings (SSSR count). The summed E-state index contributed by atoms with van der Waals surface area (Å²) in [4.78, 5) is 27.4. The minimum absolute atomic E-state index is 0. The van der Waals surface area contributed by atoms with Crippen molar-refractivity contribution in [3.8, 4) is 0 Å². The monoisotopic (exact) mass is 337 g/mol. The minimum Gasteiger partial charge on any atom is -0.321 e. The van der Waals surface area contributed by atoms with E-state index in [-0.39, 0.29) is 30.4 Å². The van der Waals surface area contributed by atoms with Crippen LogP contribution in [0.4, 0.5) is 4.79 Å². The Bertz CT molecular complexity index is 530. The number of carbonyl (C=O) groups is 2. The van der Waals surface area contributed by atoms with Crippen molar-refractivity contribution in [3.63, 3.8) is 0 Å². The summed E-state index contributed by atoms with van der Waals surface area (Å²) >= 11 is 0. The van der Waals surface area contributed by atoms with Crippen molar-refractivity contribution < 1.29 is 9.59 Å². The maximum absolute atomic E-state index is 11.9. The van der Waals surface area contributed by atoms with E-state index >= 15 is 0 Å². The molecular formula is C17H24ClN3O2. The number of rotatable bonds is 4. The number of nitrogens with one attached hydrogen (secondary N) is 1. The molecule has 3 amide bonds. The lowest BCUT2D eigenvalue weighted by Crippen LogP contribution is -2.56. The molecule has 0 bridgehead atoms. The highest BCUT2D eigenvalue weighted by Gasteiger charge is 2.31. The molecule has 0 aliphatic carbocycles. The number of hydrogen-bond donors (Lipinski definition) is 1. The molecule has 0 unspecified atom stereocenters. The number of hydrogen-bond acceptors (Lipinski definition) is 3. The van der Waals surface area contributed by atoms with E-state index in [4.69, 9.17) is 0 Å². The number of likely N-dealkylation sites (tertiary alicyclic amines) is 1. The Kier molecular flexibility index (Phi) is 6.42. The van der Waals surface area contributed by atoms with Gasteiger partial charge in [-0.1, -0.05) is 30.3 Å². The molecule has 0 spiro atoms. The fraction of sp³-hybridized carbons (Fsp3) is 0.529. The summed E-state index contributed by atoms with van der Waals surface area (Å²) in [5, 5.41) is 2.42. The number of benzene rings is 1. The summed E-state index contributed by atoms with van der Waals surface area (Å²) < 4.78 is 0. The first kappa shape index (κ1) is 17.8. The normalized spacial score (nSPS) is 20.1. The van der Waals surface area contributed by atoms with Gasteiger partial charge in [-0.05, 0) is 24.8 Å². The number of amides is 3. The molecule has 0 saturated carbocycles. The molecule has 0 atom stereocenters. The maximum atomic E-state index is 11.9. The summed E-state index contributed by atoms with van der Waals surface area (Å²) in [6.45, 7) is 3.69. The zero-order valence-corrected chi connectivity index (χ0v) is 14.1. The standard InChI is InChI=1S/C17H23N3O2.ClH/c21-16-9-13-20(17(22)18-16)15-7-11-19(12-8-15)10-6-14-4-2-1-3-5-14;/h1-5,15H,6-13H2,(H,18,21,22);1H. The highest BCUT2D eigenvalue weighted by molar-refractivity contribution is 5.96. The fourth-order valence-electron chi connectivity index (χ4n) is 3.31. The summed E-state index contributed by atoms with van der Waals surface area (Å²) in [6, 6.07) is 10.6. The van der Waals surface area contributed by atoms with Crippen molar-refractivity contribution in [2.45, 2.75) is 31.7 Å².